The van der Waals surface area contributed by atoms with Crippen LogP contribution in [-0.2, 0) is 11.3 Å². The molecular formula is C11H17N3O2. The minimum absolute atomic E-state index is 0.0268. The first-order chi connectivity index (χ1) is 7.70. The highest BCUT2D eigenvalue weighted by Crippen LogP contribution is 2.14. The quantitative estimate of drug-likeness (QED) is 0.816. The van der Waals surface area contributed by atoms with Crippen LogP contribution in [0.25, 0.3) is 0 Å². The number of nitrogens with zero attached hydrogens (tertiary/aromatic N) is 2. The van der Waals surface area contributed by atoms with Gasteiger partial charge in [-0.2, -0.15) is 0 Å². The fourth-order valence-electron chi connectivity index (χ4n) is 1.97. The van der Waals surface area contributed by atoms with E-state index in [1.165, 1.54) is 0 Å². The van der Waals surface area contributed by atoms with Crippen molar-refractivity contribution < 1.29 is 9.21 Å². The molecule has 5 nitrogen and oxygen atoms in total. The van der Waals surface area contributed by atoms with E-state index in [-0.39, 0.29) is 11.9 Å². The minimum atomic E-state index is -0.0268. The molecule has 1 fully saturated rings. The number of carbonyl (C=O) groups excluding carboxylic acids is 1. The molecule has 1 aromatic heterocycles. The van der Waals surface area contributed by atoms with Crippen LogP contribution in [0.5, 0.6) is 0 Å². The van der Waals surface area contributed by atoms with E-state index in [0.717, 1.165) is 25.3 Å². The predicted molar refractivity (Wildman–Crippen MR) is 58.7 cm³/mol. The second-order valence-corrected chi connectivity index (χ2v) is 4.02. The van der Waals surface area contributed by atoms with Gasteiger partial charge >= 0.3 is 0 Å². The van der Waals surface area contributed by atoms with Crippen molar-refractivity contribution in [3.63, 3.8) is 0 Å². The molecule has 1 saturated heterocycles. The van der Waals surface area contributed by atoms with Crippen LogP contribution in [0.2, 0.25) is 0 Å². The van der Waals surface area contributed by atoms with E-state index in [0.29, 0.717) is 12.4 Å². The van der Waals surface area contributed by atoms with Crippen LogP contribution >= 0.6 is 0 Å². The standard InChI is InChI=1S/C11H17N3O2/c1-3-12-9-4-5-14(11(9)15)7-10-13-6-8(2)16-10/h6,9,12H,3-5,7H2,1-2H3. The Morgan fingerprint density at radius 1 is 1.69 bits per heavy atom. The smallest absolute Gasteiger partial charge is 0.240 e. The highest BCUT2D eigenvalue weighted by molar-refractivity contribution is 5.83. The Morgan fingerprint density at radius 3 is 3.12 bits per heavy atom. The van der Waals surface area contributed by atoms with Crippen molar-refractivity contribution in [3.8, 4) is 0 Å². The van der Waals surface area contributed by atoms with Crippen LogP contribution in [0.15, 0.2) is 10.6 Å². The molecule has 0 aromatic carbocycles. The highest BCUT2D eigenvalue weighted by Gasteiger charge is 2.31. The van der Waals surface area contributed by atoms with Crippen molar-refractivity contribution >= 4 is 5.91 Å². The summed E-state index contributed by atoms with van der Waals surface area (Å²) in [4.78, 5) is 17.8. The van der Waals surface area contributed by atoms with Gasteiger partial charge in [0.15, 0.2) is 0 Å². The van der Waals surface area contributed by atoms with Crippen LogP contribution in [0.3, 0.4) is 0 Å². The summed E-state index contributed by atoms with van der Waals surface area (Å²) < 4.78 is 5.36. The number of rotatable bonds is 4. The monoisotopic (exact) mass is 223 g/mol. The molecule has 0 radical (unpaired) electrons. The molecule has 0 aliphatic carbocycles. The second kappa shape index (κ2) is 4.65. The molecule has 16 heavy (non-hydrogen) atoms. The molecule has 0 spiro atoms. The van der Waals surface area contributed by atoms with Crippen LogP contribution in [-0.4, -0.2) is 34.9 Å². The molecule has 1 aliphatic heterocycles. The number of hydrogen-bond acceptors (Lipinski definition) is 4. The van der Waals surface area contributed by atoms with E-state index in [1.807, 2.05) is 13.8 Å². The zero-order chi connectivity index (χ0) is 11.5. The summed E-state index contributed by atoms with van der Waals surface area (Å²) >= 11 is 0. The van der Waals surface area contributed by atoms with E-state index in [2.05, 4.69) is 10.3 Å². The van der Waals surface area contributed by atoms with Gasteiger partial charge in [-0.1, -0.05) is 6.92 Å². The Balaban J connectivity index is 1.94. The van der Waals surface area contributed by atoms with E-state index in [4.69, 9.17) is 4.42 Å². The highest BCUT2D eigenvalue weighted by atomic mass is 16.4. The molecule has 1 aliphatic rings. The van der Waals surface area contributed by atoms with E-state index in [1.54, 1.807) is 11.1 Å². The normalized spacial score (nSPS) is 20.8. The Labute approximate surface area is 94.8 Å². The molecule has 1 atom stereocenters. The number of aromatic nitrogens is 1. The average Bonchev–Trinajstić information content (AvgIpc) is 2.80. The summed E-state index contributed by atoms with van der Waals surface area (Å²) in [6.07, 6.45) is 2.55. The number of likely N-dealkylation sites (tertiary alicyclic amines) is 1. The lowest BCUT2D eigenvalue weighted by atomic mass is 10.2. The third-order valence-electron chi connectivity index (χ3n) is 2.74. The minimum Gasteiger partial charge on any atom is -0.444 e. The van der Waals surface area contributed by atoms with Gasteiger partial charge in [-0.15, -0.1) is 0 Å². The van der Waals surface area contributed by atoms with Gasteiger partial charge in [-0.25, -0.2) is 4.98 Å². The Hall–Kier alpha value is -1.36. The number of aryl methyl sites for hydroxylation is 1. The molecule has 1 aromatic rings. The van der Waals surface area contributed by atoms with Crippen molar-refractivity contribution in [3.05, 3.63) is 17.8 Å². The summed E-state index contributed by atoms with van der Waals surface area (Å²) in [7, 11) is 0. The van der Waals surface area contributed by atoms with Gasteiger partial charge in [0.2, 0.25) is 11.8 Å². The number of likely N-dealkylation sites (N-methyl/N-ethyl adjacent to an activating group) is 1. The molecule has 1 amide bonds. The van der Waals surface area contributed by atoms with Gasteiger partial charge in [0.1, 0.15) is 5.76 Å². The van der Waals surface area contributed by atoms with Crippen LogP contribution in [0.1, 0.15) is 25.0 Å². The second-order valence-electron chi connectivity index (χ2n) is 4.02. The summed E-state index contributed by atoms with van der Waals surface area (Å²) in [5, 5.41) is 3.17. The van der Waals surface area contributed by atoms with Crippen molar-refractivity contribution in [2.24, 2.45) is 0 Å². The number of oxazole rings is 1. The van der Waals surface area contributed by atoms with Crippen molar-refractivity contribution in [1.29, 1.82) is 0 Å². The van der Waals surface area contributed by atoms with Crippen LogP contribution < -0.4 is 5.32 Å². The maximum absolute atomic E-state index is 11.9. The molecule has 5 heteroatoms. The molecular weight excluding hydrogens is 206 g/mol. The fraction of sp³-hybridized carbons (Fsp3) is 0.636. The van der Waals surface area contributed by atoms with Crippen molar-refractivity contribution in [2.75, 3.05) is 13.1 Å². The largest absolute Gasteiger partial charge is 0.444 e. The first-order valence-electron chi connectivity index (χ1n) is 5.64. The zero-order valence-electron chi connectivity index (χ0n) is 9.69. The fourth-order valence-corrected chi connectivity index (χ4v) is 1.97. The van der Waals surface area contributed by atoms with Crippen LogP contribution in [0, 0.1) is 6.92 Å². The summed E-state index contributed by atoms with van der Waals surface area (Å²) in [6.45, 7) is 5.94. The molecule has 2 rings (SSSR count). The summed E-state index contributed by atoms with van der Waals surface area (Å²) in [5.41, 5.74) is 0. The first kappa shape index (κ1) is 11.1. The third kappa shape index (κ3) is 2.24. The Bertz CT molecular complexity index is 375. The molecule has 2 heterocycles. The number of hydrogen-bond donors (Lipinski definition) is 1. The third-order valence-corrected chi connectivity index (χ3v) is 2.74. The number of nitrogens with one attached hydrogen (secondary N) is 1. The molecule has 1 unspecified atom stereocenters. The van der Waals surface area contributed by atoms with E-state index in [9.17, 15) is 4.79 Å². The van der Waals surface area contributed by atoms with Gasteiger partial charge in [0.25, 0.3) is 0 Å². The van der Waals surface area contributed by atoms with E-state index >= 15 is 0 Å². The SMILES string of the molecule is CCNC1CCN(Cc2ncc(C)o2)C1=O. The van der Waals surface area contributed by atoms with Crippen molar-refractivity contribution in [2.45, 2.75) is 32.9 Å². The van der Waals surface area contributed by atoms with Gasteiger partial charge < -0.3 is 14.6 Å². The number of amides is 1. The van der Waals surface area contributed by atoms with Crippen LogP contribution in [0.4, 0.5) is 0 Å². The lowest BCUT2D eigenvalue weighted by Gasteiger charge is -2.14. The molecule has 88 valence electrons. The Morgan fingerprint density at radius 2 is 2.50 bits per heavy atom. The van der Waals surface area contributed by atoms with Crippen molar-refractivity contribution in [1.82, 2.24) is 15.2 Å². The number of carbonyl (C=O) groups is 1. The Kier molecular flexibility index (Phi) is 3.24. The molecule has 0 bridgehead atoms. The average molecular weight is 223 g/mol. The summed E-state index contributed by atoms with van der Waals surface area (Å²) in [5.74, 6) is 1.55. The maximum Gasteiger partial charge on any atom is 0.240 e. The lowest BCUT2D eigenvalue weighted by molar-refractivity contribution is -0.130. The van der Waals surface area contributed by atoms with E-state index < -0.39 is 0 Å². The topological polar surface area (TPSA) is 58.4 Å². The van der Waals surface area contributed by atoms with Gasteiger partial charge in [0, 0.05) is 6.54 Å². The van der Waals surface area contributed by atoms with Gasteiger partial charge in [0.05, 0.1) is 18.8 Å². The first-order valence-corrected chi connectivity index (χ1v) is 5.64. The lowest BCUT2D eigenvalue weighted by Crippen LogP contribution is -2.37. The van der Waals surface area contributed by atoms with Gasteiger partial charge in [-0.05, 0) is 19.9 Å². The summed E-state index contributed by atoms with van der Waals surface area (Å²) in [6, 6.07) is -0.0268. The predicted octanol–water partition coefficient (Wildman–Crippen LogP) is 0.693. The zero-order valence-corrected chi connectivity index (χ0v) is 9.69. The van der Waals surface area contributed by atoms with Gasteiger partial charge in [-0.3, -0.25) is 4.79 Å². The molecule has 0 saturated carbocycles. The molecule has 1 N–H and O–H groups in total. The maximum atomic E-state index is 11.9.